The normalized spacial score (nSPS) is 15.4. The first kappa shape index (κ1) is 23.9. The van der Waals surface area contributed by atoms with Crippen molar-refractivity contribution in [2.24, 2.45) is 5.10 Å². The van der Waals surface area contributed by atoms with Crippen molar-refractivity contribution in [2.75, 3.05) is 21.3 Å². The Balaban J connectivity index is 2.10. The molecule has 11 heteroatoms. The highest BCUT2D eigenvalue weighted by molar-refractivity contribution is 6.04. The van der Waals surface area contributed by atoms with E-state index in [0.717, 1.165) is 11.0 Å². The van der Waals surface area contributed by atoms with Crippen molar-refractivity contribution in [3.63, 3.8) is 0 Å². The summed E-state index contributed by atoms with van der Waals surface area (Å²) in [7, 11) is 4.45. The third-order valence-corrected chi connectivity index (χ3v) is 5.50. The first-order valence-electron chi connectivity index (χ1n) is 10.5. The molecule has 2 aromatic rings. The van der Waals surface area contributed by atoms with Gasteiger partial charge in [0, 0.05) is 19.9 Å². The molecule has 3 rings (SSSR count). The zero-order chi connectivity index (χ0) is 24.3. The van der Waals surface area contributed by atoms with E-state index in [9.17, 15) is 19.5 Å². The average Bonchev–Trinajstić information content (AvgIpc) is 3.23. The Kier molecular flexibility index (Phi) is 7.10. The van der Waals surface area contributed by atoms with E-state index in [1.54, 1.807) is 12.1 Å². The predicted molar refractivity (Wildman–Crippen MR) is 120 cm³/mol. The molecular formula is C22H28N4O7. The van der Waals surface area contributed by atoms with E-state index >= 15 is 0 Å². The van der Waals surface area contributed by atoms with Gasteiger partial charge in [0.05, 0.1) is 33.1 Å². The molecule has 2 N–H and O–H groups in total. The molecule has 0 saturated heterocycles. The summed E-state index contributed by atoms with van der Waals surface area (Å²) in [6.45, 7) is 3.54. The minimum Gasteiger partial charge on any atom is -0.494 e. The minimum atomic E-state index is -0.766. The van der Waals surface area contributed by atoms with Gasteiger partial charge in [-0.05, 0) is 24.1 Å². The predicted octanol–water partition coefficient (Wildman–Crippen LogP) is 1.77. The number of hydrogen-bond acceptors (Lipinski definition) is 8. The SMILES string of the molecule is CCCCn1c(O)c(C2=NN(C(C)=O)C(c3cc(OC)c(OC)c(OC)c3)C2)c(=O)[nH]c1=O. The number of carbonyl (C=O) groups excluding carboxylic acids is 1. The first-order chi connectivity index (χ1) is 15.8. The highest BCUT2D eigenvalue weighted by Crippen LogP contribution is 2.43. The van der Waals surface area contributed by atoms with Crippen LogP contribution in [-0.4, -0.2) is 52.6 Å². The molecule has 1 atom stereocenters. The number of nitrogens with one attached hydrogen (secondary N) is 1. The summed E-state index contributed by atoms with van der Waals surface area (Å²) < 4.78 is 17.3. The van der Waals surface area contributed by atoms with E-state index in [1.165, 1.54) is 33.3 Å². The number of H-pyrrole nitrogens is 1. The highest BCUT2D eigenvalue weighted by atomic mass is 16.5. The molecule has 11 nitrogen and oxygen atoms in total. The van der Waals surface area contributed by atoms with Crippen molar-refractivity contribution in [2.45, 2.75) is 45.7 Å². The molecule has 0 aliphatic carbocycles. The van der Waals surface area contributed by atoms with Crippen molar-refractivity contribution in [1.29, 1.82) is 0 Å². The van der Waals surface area contributed by atoms with Crippen LogP contribution in [0.1, 0.15) is 50.3 Å². The van der Waals surface area contributed by atoms with E-state index in [-0.39, 0.29) is 30.1 Å². The Labute approximate surface area is 190 Å². The number of rotatable bonds is 8. The zero-order valence-corrected chi connectivity index (χ0v) is 19.3. The topological polar surface area (TPSA) is 135 Å². The standard InChI is InChI=1S/C22H28N4O7/c1-6-7-8-25-21(29)18(20(28)23-22(25)30)14-11-15(26(24-14)12(2)27)13-9-16(31-3)19(33-5)17(10-13)32-4/h9-10,15,29H,6-8,11H2,1-5H3,(H,23,28,30). The molecule has 1 aromatic carbocycles. The molecule has 178 valence electrons. The van der Waals surface area contributed by atoms with Crippen LogP contribution in [0.5, 0.6) is 23.1 Å². The molecule has 1 aliphatic heterocycles. The van der Waals surface area contributed by atoms with Crippen molar-refractivity contribution in [3.8, 4) is 23.1 Å². The number of carbonyl (C=O) groups is 1. The monoisotopic (exact) mass is 460 g/mol. The fourth-order valence-electron chi connectivity index (χ4n) is 3.85. The van der Waals surface area contributed by atoms with Gasteiger partial charge >= 0.3 is 5.69 Å². The molecule has 0 radical (unpaired) electrons. The van der Waals surface area contributed by atoms with Crippen LogP contribution in [0.25, 0.3) is 0 Å². The summed E-state index contributed by atoms with van der Waals surface area (Å²) in [5, 5.41) is 16.3. The van der Waals surface area contributed by atoms with Crippen LogP contribution in [0.3, 0.4) is 0 Å². The molecule has 33 heavy (non-hydrogen) atoms. The number of ether oxygens (including phenoxy) is 3. The number of benzene rings is 1. The lowest BCUT2D eigenvalue weighted by Gasteiger charge is -2.22. The quantitative estimate of drug-likeness (QED) is 0.613. The van der Waals surface area contributed by atoms with Crippen molar-refractivity contribution >= 4 is 11.6 Å². The Bertz CT molecular complexity index is 1170. The number of methoxy groups -OCH3 is 3. The lowest BCUT2D eigenvalue weighted by molar-refractivity contribution is -0.130. The zero-order valence-electron chi connectivity index (χ0n) is 19.3. The molecule has 1 unspecified atom stereocenters. The van der Waals surface area contributed by atoms with Crippen molar-refractivity contribution in [1.82, 2.24) is 14.6 Å². The third-order valence-electron chi connectivity index (χ3n) is 5.50. The summed E-state index contributed by atoms with van der Waals surface area (Å²) in [5.74, 6) is 0.369. The Hall–Kier alpha value is -3.76. The highest BCUT2D eigenvalue weighted by Gasteiger charge is 2.35. The number of aromatic hydroxyl groups is 1. The molecule has 0 bridgehead atoms. The third kappa shape index (κ3) is 4.43. The van der Waals surface area contributed by atoms with Gasteiger partial charge in [-0.3, -0.25) is 19.1 Å². The lowest BCUT2D eigenvalue weighted by atomic mass is 9.98. The first-order valence-corrected chi connectivity index (χ1v) is 10.5. The van der Waals surface area contributed by atoms with Gasteiger partial charge in [-0.15, -0.1) is 0 Å². The number of amides is 1. The maximum Gasteiger partial charge on any atom is 0.331 e. The number of hydrogen-bond donors (Lipinski definition) is 2. The van der Waals surface area contributed by atoms with Gasteiger partial charge in [0.2, 0.25) is 17.5 Å². The van der Waals surface area contributed by atoms with Gasteiger partial charge in [0.1, 0.15) is 5.56 Å². The van der Waals surface area contributed by atoms with E-state index in [2.05, 4.69) is 10.1 Å². The molecule has 1 aromatic heterocycles. The maximum absolute atomic E-state index is 12.6. The average molecular weight is 460 g/mol. The van der Waals surface area contributed by atoms with E-state index in [0.29, 0.717) is 29.2 Å². The lowest BCUT2D eigenvalue weighted by Crippen LogP contribution is -2.33. The largest absolute Gasteiger partial charge is 0.494 e. The molecular weight excluding hydrogens is 432 g/mol. The van der Waals surface area contributed by atoms with Crippen LogP contribution < -0.4 is 25.5 Å². The van der Waals surface area contributed by atoms with E-state index in [1.807, 2.05) is 6.92 Å². The fourth-order valence-corrected chi connectivity index (χ4v) is 3.85. The minimum absolute atomic E-state index is 0.126. The van der Waals surface area contributed by atoms with Gasteiger partial charge in [0.25, 0.3) is 5.56 Å². The van der Waals surface area contributed by atoms with Gasteiger partial charge in [-0.25, -0.2) is 9.80 Å². The Morgan fingerprint density at radius 1 is 1.18 bits per heavy atom. The summed E-state index contributed by atoms with van der Waals surface area (Å²) in [6, 6.07) is 2.81. The molecule has 2 heterocycles. The van der Waals surface area contributed by atoms with E-state index in [4.69, 9.17) is 14.2 Å². The van der Waals surface area contributed by atoms with Crippen LogP contribution >= 0.6 is 0 Å². The maximum atomic E-state index is 12.6. The van der Waals surface area contributed by atoms with Crippen molar-refractivity contribution < 1.29 is 24.1 Å². The Morgan fingerprint density at radius 3 is 2.33 bits per heavy atom. The molecule has 0 fully saturated rings. The molecule has 1 amide bonds. The van der Waals surface area contributed by atoms with Crippen molar-refractivity contribution in [3.05, 3.63) is 44.1 Å². The van der Waals surface area contributed by atoms with Gasteiger partial charge in [-0.1, -0.05) is 13.3 Å². The number of unbranched alkanes of at least 4 members (excludes halogenated alkanes) is 1. The van der Waals surface area contributed by atoms with Gasteiger partial charge in [0.15, 0.2) is 11.5 Å². The summed E-state index contributed by atoms with van der Waals surface area (Å²) in [6.07, 6.45) is 1.56. The molecule has 0 spiro atoms. The van der Waals surface area contributed by atoms with Crippen LogP contribution in [0, 0.1) is 0 Å². The van der Waals surface area contributed by atoms with Crippen LogP contribution in [0.2, 0.25) is 0 Å². The molecule has 0 saturated carbocycles. The molecule has 1 aliphatic rings. The van der Waals surface area contributed by atoms with Gasteiger partial charge in [-0.2, -0.15) is 5.10 Å². The fraction of sp³-hybridized carbons (Fsp3) is 0.455. The number of aromatic amines is 1. The summed E-state index contributed by atoms with van der Waals surface area (Å²) in [5.41, 5.74) is -0.774. The smallest absolute Gasteiger partial charge is 0.331 e. The summed E-state index contributed by atoms with van der Waals surface area (Å²) in [4.78, 5) is 39.4. The van der Waals surface area contributed by atoms with Crippen LogP contribution in [0.4, 0.5) is 0 Å². The second kappa shape index (κ2) is 9.80. The Morgan fingerprint density at radius 2 is 1.82 bits per heavy atom. The van der Waals surface area contributed by atoms with Crippen LogP contribution in [0.15, 0.2) is 26.8 Å². The van der Waals surface area contributed by atoms with Crippen LogP contribution in [-0.2, 0) is 11.3 Å². The van der Waals surface area contributed by atoms with Gasteiger partial charge < -0.3 is 19.3 Å². The number of nitrogens with zero attached hydrogens (tertiary/aromatic N) is 3. The number of aromatic nitrogens is 2. The second-order valence-corrected chi connectivity index (χ2v) is 7.55. The number of hydrazone groups is 1. The second-order valence-electron chi connectivity index (χ2n) is 7.55. The van der Waals surface area contributed by atoms with E-state index < -0.39 is 23.2 Å². The summed E-state index contributed by atoms with van der Waals surface area (Å²) >= 11 is 0.